The van der Waals surface area contributed by atoms with Crippen molar-refractivity contribution in [1.29, 1.82) is 5.26 Å². The summed E-state index contributed by atoms with van der Waals surface area (Å²) in [5.41, 5.74) is 9.92. The largest absolute Gasteiger partial charge is 0.496 e. The molecule has 0 aliphatic carbocycles. The lowest BCUT2D eigenvalue weighted by atomic mass is 10.1. The van der Waals surface area contributed by atoms with Crippen LogP contribution < -0.4 is 10.5 Å². The van der Waals surface area contributed by atoms with E-state index in [9.17, 15) is 5.26 Å². The number of benzene rings is 1. The third-order valence-corrected chi connectivity index (χ3v) is 4.29. The van der Waals surface area contributed by atoms with E-state index in [1.807, 2.05) is 26.0 Å². The van der Waals surface area contributed by atoms with Crippen LogP contribution in [0.2, 0.25) is 5.02 Å². The summed E-state index contributed by atoms with van der Waals surface area (Å²) >= 11 is 6.27. The van der Waals surface area contributed by atoms with Gasteiger partial charge in [0.05, 0.1) is 23.2 Å². The second kappa shape index (κ2) is 5.49. The van der Waals surface area contributed by atoms with Crippen LogP contribution >= 0.6 is 11.6 Å². The summed E-state index contributed by atoms with van der Waals surface area (Å²) in [4.78, 5) is 4.39. The van der Waals surface area contributed by atoms with Crippen molar-refractivity contribution in [1.82, 2.24) is 9.55 Å². The summed E-state index contributed by atoms with van der Waals surface area (Å²) in [6, 6.07) is 7.64. The molecule has 116 valence electrons. The van der Waals surface area contributed by atoms with Gasteiger partial charge in [0.25, 0.3) is 0 Å². The Labute approximate surface area is 138 Å². The number of fused-ring (bicyclic) bond motifs is 1. The highest BCUT2D eigenvalue weighted by Gasteiger charge is 2.22. The maximum atomic E-state index is 9.49. The van der Waals surface area contributed by atoms with E-state index in [-0.39, 0.29) is 0 Å². The van der Waals surface area contributed by atoms with E-state index in [0.717, 1.165) is 22.6 Å². The van der Waals surface area contributed by atoms with Crippen LogP contribution in [0.3, 0.4) is 0 Å². The highest BCUT2D eigenvalue weighted by Crippen LogP contribution is 2.37. The lowest BCUT2D eigenvalue weighted by Gasteiger charge is -2.16. The Morgan fingerprint density at radius 1 is 1.30 bits per heavy atom. The number of hydrogen-bond acceptors (Lipinski definition) is 4. The standard InChI is InChI=1S/C17H15ClN4O/c1-9-4-5-13(23-3)10(2)15(9)22-16(20)11(8-19)14-12(18)6-7-21-17(14)22/h4-7H,20H2,1-3H3. The van der Waals surface area contributed by atoms with Crippen LogP contribution in [0.5, 0.6) is 5.75 Å². The first-order chi connectivity index (χ1) is 11.0. The number of aromatic nitrogens is 2. The number of nitrogens with zero attached hydrogens (tertiary/aromatic N) is 3. The van der Waals surface area contributed by atoms with Crippen molar-refractivity contribution in [2.75, 3.05) is 12.8 Å². The summed E-state index contributed by atoms with van der Waals surface area (Å²) in [6.07, 6.45) is 1.60. The zero-order valence-corrected chi connectivity index (χ0v) is 13.8. The van der Waals surface area contributed by atoms with E-state index in [1.54, 1.807) is 23.9 Å². The maximum Gasteiger partial charge on any atom is 0.148 e. The van der Waals surface area contributed by atoms with Gasteiger partial charge in [-0.1, -0.05) is 17.7 Å². The number of ether oxygens (including phenoxy) is 1. The van der Waals surface area contributed by atoms with Gasteiger partial charge in [-0.2, -0.15) is 5.26 Å². The Hall–Kier alpha value is -2.71. The molecule has 3 rings (SSSR count). The fourth-order valence-electron chi connectivity index (χ4n) is 2.90. The van der Waals surface area contributed by atoms with Crippen LogP contribution in [-0.4, -0.2) is 16.7 Å². The van der Waals surface area contributed by atoms with E-state index >= 15 is 0 Å². The van der Waals surface area contributed by atoms with Crippen molar-refractivity contribution in [3.63, 3.8) is 0 Å². The molecule has 0 saturated heterocycles. The van der Waals surface area contributed by atoms with Crippen LogP contribution in [0, 0.1) is 25.2 Å². The number of nitriles is 1. The van der Waals surface area contributed by atoms with Gasteiger partial charge in [-0.15, -0.1) is 0 Å². The fraction of sp³-hybridized carbons (Fsp3) is 0.176. The van der Waals surface area contributed by atoms with Gasteiger partial charge in [-0.3, -0.25) is 4.57 Å². The first kappa shape index (κ1) is 15.2. The number of nitrogen functional groups attached to an aromatic ring is 1. The molecule has 5 nitrogen and oxygen atoms in total. The molecule has 0 aliphatic rings. The average Bonchev–Trinajstić information content (AvgIpc) is 2.81. The smallest absolute Gasteiger partial charge is 0.148 e. The van der Waals surface area contributed by atoms with Gasteiger partial charge in [-0.05, 0) is 31.5 Å². The number of rotatable bonds is 2. The normalized spacial score (nSPS) is 10.7. The fourth-order valence-corrected chi connectivity index (χ4v) is 3.14. The molecular formula is C17H15ClN4O. The number of hydrogen-bond donors (Lipinski definition) is 1. The van der Waals surface area contributed by atoms with Gasteiger partial charge in [0.15, 0.2) is 0 Å². The molecule has 0 fully saturated rings. The summed E-state index contributed by atoms with van der Waals surface area (Å²) in [7, 11) is 1.62. The van der Waals surface area contributed by atoms with E-state index in [0.29, 0.717) is 27.4 Å². The van der Waals surface area contributed by atoms with Crippen molar-refractivity contribution in [3.8, 4) is 17.5 Å². The molecule has 0 amide bonds. The van der Waals surface area contributed by atoms with Crippen LogP contribution in [0.1, 0.15) is 16.7 Å². The Balaban J connectivity index is 2.51. The van der Waals surface area contributed by atoms with E-state index in [2.05, 4.69) is 11.1 Å². The third-order valence-electron chi connectivity index (χ3n) is 3.98. The molecule has 6 heteroatoms. The van der Waals surface area contributed by atoms with Crippen molar-refractivity contribution in [2.24, 2.45) is 0 Å². The number of aryl methyl sites for hydroxylation is 1. The molecule has 1 aromatic carbocycles. The highest BCUT2D eigenvalue weighted by molar-refractivity contribution is 6.36. The van der Waals surface area contributed by atoms with Crippen LogP contribution in [0.15, 0.2) is 24.4 Å². The number of pyridine rings is 1. The van der Waals surface area contributed by atoms with Crippen molar-refractivity contribution in [3.05, 3.63) is 46.1 Å². The molecule has 0 bridgehead atoms. The van der Waals surface area contributed by atoms with Crippen molar-refractivity contribution in [2.45, 2.75) is 13.8 Å². The Kier molecular flexibility index (Phi) is 3.63. The highest BCUT2D eigenvalue weighted by atomic mass is 35.5. The predicted molar refractivity (Wildman–Crippen MR) is 91.2 cm³/mol. The Morgan fingerprint density at radius 3 is 2.70 bits per heavy atom. The summed E-state index contributed by atoms with van der Waals surface area (Å²) < 4.78 is 7.18. The van der Waals surface area contributed by atoms with Gasteiger partial charge < -0.3 is 10.5 Å². The van der Waals surface area contributed by atoms with Crippen LogP contribution in [0.25, 0.3) is 16.7 Å². The van der Waals surface area contributed by atoms with Gasteiger partial charge in [0, 0.05) is 11.8 Å². The lowest BCUT2D eigenvalue weighted by Crippen LogP contribution is -2.06. The SMILES string of the molecule is COc1ccc(C)c(-n2c(N)c(C#N)c3c(Cl)ccnc32)c1C. The molecule has 0 unspecified atom stereocenters. The van der Waals surface area contributed by atoms with Gasteiger partial charge in [-0.25, -0.2) is 4.98 Å². The molecule has 2 N–H and O–H groups in total. The molecule has 0 atom stereocenters. The molecule has 23 heavy (non-hydrogen) atoms. The average molecular weight is 327 g/mol. The molecule has 3 aromatic rings. The van der Waals surface area contributed by atoms with Crippen molar-refractivity contribution < 1.29 is 4.74 Å². The zero-order chi connectivity index (χ0) is 16.7. The molecule has 0 spiro atoms. The molecular weight excluding hydrogens is 312 g/mol. The molecule has 2 aromatic heterocycles. The number of nitrogens with two attached hydrogens (primary N) is 1. The lowest BCUT2D eigenvalue weighted by molar-refractivity contribution is 0.411. The maximum absolute atomic E-state index is 9.49. The molecule has 0 radical (unpaired) electrons. The zero-order valence-electron chi connectivity index (χ0n) is 13.0. The minimum atomic E-state index is 0.322. The molecule has 0 aliphatic heterocycles. The molecule has 2 heterocycles. The van der Waals surface area contributed by atoms with Crippen LogP contribution in [0.4, 0.5) is 5.82 Å². The quantitative estimate of drug-likeness (QED) is 0.777. The van der Waals surface area contributed by atoms with Gasteiger partial charge in [0.2, 0.25) is 0 Å². The minimum absolute atomic E-state index is 0.322. The Morgan fingerprint density at radius 2 is 2.04 bits per heavy atom. The second-order valence-electron chi connectivity index (χ2n) is 5.26. The topological polar surface area (TPSA) is 76.9 Å². The third kappa shape index (κ3) is 2.11. The van der Waals surface area contributed by atoms with Gasteiger partial charge in [0.1, 0.15) is 28.8 Å². The molecule has 0 saturated carbocycles. The number of methoxy groups -OCH3 is 1. The van der Waals surface area contributed by atoms with E-state index in [1.165, 1.54) is 0 Å². The Bertz CT molecular complexity index is 969. The summed E-state index contributed by atoms with van der Waals surface area (Å²) in [6.45, 7) is 3.92. The first-order valence-electron chi connectivity index (χ1n) is 7.00. The van der Waals surface area contributed by atoms with Crippen molar-refractivity contribution >= 4 is 28.5 Å². The monoisotopic (exact) mass is 326 g/mol. The second-order valence-corrected chi connectivity index (χ2v) is 5.66. The summed E-state index contributed by atoms with van der Waals surface area (Å²) in [5, 5.41) is 10.5. The minimum Gasteiger partial charge on any atom is -0.496 e. The predicted octanol–water partition coefficient (Wildman–Crippen LogP) is 3.76. The van der Waals surface area contributed by atoms with Crippen LogP contribution in [-0.2, 0) is 0 Å². The van der Waals surface area contributed by atoms with E-state index in [4.69, 9.17) is 22.1 Å². The summed E-state index contributed by atoms with van der Waals surface area (Å²) in [5.74, 6) is 1.06. The number of halogens is 1. The van der Waals surface area contributed by atoms with E-state index < -0.39 is 0 Å². The number of anilines is 1. The van der Waals surface area contributed by atoms with Gasteiger partial charge >= 0.3 is 0 Å². The first-order valence-corrected chi connectivity index (χ1v) is 7.38.